The van der Waals surface area contributed by atoms with Crippen LogP contribution in [0.5, 0.6) is 0 Å². The fourth-order valence-corrected chi connectivity index (χ4v) is 2.84. The maximum Gasteiger partial charge on any atom is 0.0988 e. The average molecular weight is 319 g/mol. The lowest BCUT2D eigenvalue weighted by molar-refractivity contribution is 0.630. The summed E-state index contributed by atoms with van der Waals surface area (Å²) < 4.78 is 0.935. The monoisotopic (exact) mass is 317 g/mol. The highest BCUT2D eigenvalue weighted by Crippen LogP contribution is 2.31. The zero-order valence-corrected chi connectivity index (χ0v) is 11.3. The number of hydrogen-bond acceptors (Lipinski definition) is 4. The Kier molecular flexibility index (Phi) is 3.94. The number of nitrogens with one attached hydrogen (secondary N) is 1. The lowest BCUT2D eigenvalue weighted by Crippen LogP contribution is -2.29. The fourth-order valence-electron chi connectivity index (χ4n) is 1.36. The van der Waals surface area contributed by atoms with Gasteiger partial charge >= 0.3 is 0 Å². The van der Waals surface area contributed by atoms with Crippen molar-refractivity contribution >= 4 is 38.9 Å². The van der Waals surface area contributed by atoms with E-state index < -0.39 is 0 Å². The highest BCUT2D eigenvalue weighted by Gasteiger charge is 2.17. The normalized spacial score (nSPS) is 12.7. The summed E-state index contributed by atoms with van der Waals surface area (Å²) in [5, 5.41) is 2.64. The van der Waals surface area contributed by atoms with Crippen LogP contribution < -0.4 is 11.3 Å². The van der Waals surface area contributed by atoms with Crippen LogP contribution in [0.2, 0.25) is 5.02 Å². The molecule has 0 aliphatic rings. The van der Waals surface area contributed by atoms with E-state index >= 15 is 0 Å². The highest BCUT2D eigenvalue weighted by molar-refractivity contribution is 9.10. The van der Waals surface area contributed by atoms with Crippen molar-refractivity contribution in [1.82, 2.24) is 10.4 Å². The first-order chi connectivity index (χ1) is 7.72. The Labute approximate surface area is 111 Å². The summed E-state index contributed by atoms with van der Waals surface area (Å²) in [6.45, 7) is 0. The van der Waals surface area contributed by atoms with Crippen molar-refractivity contribution in [3.63, 3.8) is 0 Å². The second-order valence-corrected chi connectivity index (χ2v) is 5.40. The minimum absolute atomic E-state index is 0.166. The van der Waals surface area contributed by atoms with Crippen LogP contribution in [0.3, 0.4) is 0 Å². The summed E-state index contributed by atoms with van der Waals surface area (Å²) in [4.78, 5) is 5.28. The molecule has 84 valence electrons. The summed E-state index contributed by atoms with van der Waals surface area (Å²) >= 11 is 11.0. The van der Waals surface area contributed by atoms with Crippen LogP contribution in [-0.2, 0) is 0 Å². The molecule has 0 radical (unpaired) electrons. The Morgan fingerprint density at radius 1 is 1.44 bits per heavy atom. The van der Waals surface area contributed by atoms with Crippen LogP contribution in [0, 0.1) is 0 Å². The quantitative estimate of drug-likeness (QED) is 0.675. The summed E-state index contributed by atoms with van der Waals surface area (Å²) in [5.41, 5.74) is 3.57. The van der Waals surface area contributed by atoms with E-state index in [9.17, 15) is 0 Å². The fraction of sp³-hybridized carbons (Fsp3) is 0.100. The number of thiophene rings is 1. The third-order valence-electron chi connectivity index (χ3n) is 2.12. The van der Waals surface area contributed by atoms with Crippen molar-refractivity contribution in [3.05, 3.63) is 49.8 Å². The third kappa shape index (κ3) is 2.44. The standard InChI is InChI=1S/C10H9BrClN3S/c11-6-1-2-8(14-5-6)9(15-13)10-7(12)3-4-16-10/h1-5,9,15H,13H2. The van der Waals surface area contributed by atoms with Gasteiger partial charge in [0.05, 0.1) is 16.8 Å². The van der Waals surface area contributed by atoms with Crippen LogP contribution in [0.25, 0.3) is 0 Å². The van der Waals surface area contributed by atoms with Crippen LogP contribution >= 0.6 is 38.9 Å². The second-order valence-electron chi connectivity index (χ2n) is 3.13. The predicted octanol–water partition coefficient (Wildman–Crippen LogP) is 3.11. The van der Waals surface area contributed by atoms with Gasteiger partial charge in [0.15, 0.2) is 0 Å². The minimum atomic E-state index is -0.166. The molecule has 1 unspecified atom stereocenters. The topological polar surface area (TPSA) is 50.9 Å². The zero-order chi connectivity index (χ0) is 11.5. The molecule has 0 amide bonds. The number of nitrogens with two attached hydrogens (primary N) is 1. The van der Waals surface area contributed by atoms with Gasteiger partial charge in [-0.1, -0.05) is 11.6 Å². The zero-order valence-electron chi connectivity index (χ0n) is 8.15. The van der Waals surface area contributed by atoms with E-state index in [4.69, 9.17) is 17.4 Å². The van der Waals surface area contributed by atoms with Gasteiger partial charge in [0.1, 0.15) is 0 Å². The molecule has 3 N–H and O–H groups in total. The van der Waals surface area contributed by atoms with Gasteiger partial charge in [0.2, 0.25) is 0 Å². The van der Waals surface area contributed by atoms with Crippen LogP contribution in [0.4, 0.5) is 0 Å². The number of nitrogens with zero attached hydrogens (tertiary/aromatic N) is 1. The molecule has 0 saturated heterocycles. The van der Waals surface area contributed by atoms with Crippen LogP contribution in [0.15, 0.2) is 34.2 Å². The van der Waals surface area contributed by atoms with E-state index in [-0.39, 0.29) is 6.04 Å². The van der Waals surface area contributed by atoms with E-state index in [1.165, 1.54) is 0 Å². The van der Waals surface area contributed by atoms with Gasteiger partial charge in [-0.25, -0.2) is 5.43 Å². The van der Waals surface area contributed by atoms with Crippen molar-refractivity contribution in [2.24, 2.45) is 5.84 Å². The molecule has 0 fully saturated rings. The van der Waals surface area contributed by atoms with Gasteiger partial charge in [-0.3, -0.25) is 10.8 Å². The molecule has 0 aliphatic heterocycles. The Balaban J connectivity index is 2.37. The number of rotatable bonds is 3. The first-order valence-corrected chi connectivity index (χ1v) is 6.58. The van der Waals surface area contributed by atoms with Crippen molar-refractivity contribution in [2.75, 3.05) is 0 Å². The van der Waals surface area contributed by atoms with E-state index in [2.05, 4.69) is 26.3 Å². The minimum Gasteiger partial charge on any atom is -0.270 e. The summed E-state index contributed by atoms with van der Waals surface area (Å²) in [7, 11) is 0. The molecule has 0 aromatic carbocycles. The summed E-state index contributed by atoms with van der Waals surface area (Å²) in [6.07, 6.45) is 1.74. The van der Waals surface area contributed by atoms with Crippen LogP contribution in [-0.4, -0.2) is 4.98 Å². The lowest BCUT2D eigenvalue weighted by atomic mass is 10.1. The van der Waals surface area contributed by atoms with Gasteiger partial charge < -0.3 is 0 Å². The molecule has 1 atom stereocenters. The first-order valence-electron chi connectivity index (χ1n) is 4.53. The molecule has 2 aromatic rings. The molecule has 0 spiro atoms. The number of pyridine rings is 1. The maximum absolute atomic E-state index is 6.07. The van der Waals surface area contributed by atoms with Gasteiger partial charge in [-0.2, -0.15) is 0 Å². The molecule has 0 aliphatic carbocycles. The molecule has 0 saturated carbocycles. The average Bonchev–Trinajstić information content (AvgIpc) is 2.69. The number of halogens is 2. The van der Waals surface area contributed by atoms with Crippen LogP contribution in [0.1, 0.15) is 16.6 Å². The van der Waals surface area contributed by atoms with Gasteiger partial charge in [0.25, 0.3) is 0 Å². The van der Waals surface area contributed by atoms with E-state index in [0.29, 0.717) is 5.02 Å². The van der Waals surface area contributed by atoms with Crippen molar-refractivity contribution in [1.29, 1.82) is 0 Å². The molecule has 3 nitrogen and oxygen atoms in total. The van der Waals surface area contributed by atoms with Crippen molar-refractivity contribution in [2.45, 2.75) is 6.04 Å². The summed E-state index contributed by atoms with van der Waals surface area (Å²) in [5.74, 6) is 5.55. The van der Waals surface area contributed by atoms with Crippen molar-refractivity contribution in [3.8, 4) is 0 Å². The molecule has 6 heteroatoms. The molecule has 2 heterocycles. The lowest BCUT2D eigenvalue weighted by Gasteiger charge is -2.14. The van der Waals surface area contributed by atoms with E-state index in [1.54, 1.807) is 17.5 Å². The Bertz CT molecular complexity index is 471. The Morgan fingerprint density at radius 2 is 2.25 bits per heavy atom. The largest absolute Gasteiger partial charge is 0.270 e. The predicted molar refractivity (Wildman–Crippen MR) is 70.4 cm³/mol. The first kappa shape index (κ1) is 12.0. The van der Waals surface area contributed by atoms with E-state index in [1.807, 2.05) is 23.6 Å². The molecular formula is C10H9BrClN3S. The number of aromatic nitrogens is 1. The molecule has 2 aromatic heterocycles. The Hall–Kier alpha value is -0.460. The van der Waals surface area contributed by atoms with Crippen molar-refractivity contribution < 1.29 is 0 Å². The number of hydrazine groups is 1. The molecular weight excluding hydrogens is 310 g/mol. The SMILES string of the molecule is NNC(c1ccc(Br)cn1)c1sccc1Cl. The Morgan fingerprint density at radius 3 is 2.75 bits per heavy atom. The second kappa shape index (κ2) is 5.25. The maximum atomic E-state index is 6.07. The van der Waals surface area contributed by atoms with Gasteiger partial charge in [-0.15, -0.1) is 11.3 Å². The van der Waals surface area contributed by atoms with Gasteiger partial charge in [-0.05, 0) is 39.5 Å². The smallest absolute Gasteiger partial charge is 0.0988 e. The summed E-state index contributed by atoms with van der Waals surface area (Å²) in [6, 6.07) is 5.52. The molecule has 2 rings (SSSR count). The highest BCUT2D eigenvalue weighted by atomic mass is 79.9. The molecule has 0 bridgehead atoms. The third-order valence-corrected chi connectivity index (χ3v) is 4.01. The van der Waals surface area contributed by atoms with Gasteiger partial charge in [0, 0.05) is 15.5 Å². The van der Waals surface area contributed by atoms with E-state index in [0.717, 1.165) is 15.0 Å². The number of hydrogen-bond donors (Lipinski definition) is 2. The molecule has 16 heavy (non-hydrogen) atoms.